The minimum atomic E-state index is 0.609. The van der Waals surface area contributed by atoms with Gasteiger partial charge in [0.25, 0.3) is 0 Å². The molecular weight excluding hydrogens is 230 g/mol. The fourth-order valence-corrected chi connectivity index (χ4v) is 2.95. The van der Waals surface area contributed by atoms with E-state index >= 15 is 0 Å². The van der Waals surface area contributed by atoms with E-state index in [0.29, 0.717) is 5.92 Å². The minimum absolute atomic E-state index is 0.609. The summed E-state index contributed by atoms with van der Waals surface area (Å²) in [6.45, 7) is 0.770. The maximum atomic E-state index is 5.73. The molecule has 0 radical (unpaired) electrons. The van der Waals surface area contributed by atoms with E-state index in [2.05, 4.69) is 26.8 Å². The largest absolute Gasteiger partial charge is 0.330 e. The highest BCUT2D eigenvalue weighted by Gasteiger charge is 2.19. The molecule has 0 bridgehead atoms. The van der Waals surface area contributed by atoms with Gasteiger partial charge in [-0.3, -0.25) is 0 Å². The smallest absolute Gasteiger partial charge is 0.160 e. The molecule has 0 saturated heterocycles. The van der Waals surface area contributed by atoms with Gasteiger partial charge in [-0.1, -0.05) is 0 Å². The van der Waals surface area contributed by atoms with Crippen LogP contribution in [0.2, 0.25) is 0 Å². The molecule has 2 aromatic heterocycles. The van der Waals surface area contributed by atoms with Crippen molar-refractivity contribution in [1.29, 1.82) is 0 Å². The van der Waals surface area contributed by atoms with Crippen LogP contribution in [0.4, 0.5) is 0 Å². The Balaban J connectivity index is 1.93. The Kier molecular flexibility index (Phi) is 2.91. The number of thiophene rings is 1. The van der Waals surface area contributed by atoms with Crippen LogP contribution in [0.3, 0.4) is 0 Å². The third kappa shape index (κ3) is 2.10. The average Bonchev–Trinajstić information content (AvgIpc) is 2.91. The molecule has 1 unspecified atom stereocenters. The summed E-state index contributed by atoms with van der Waals surface area (Å²) in [7, 11) is 0. The minimum Gasteiger partial charge on any atom is -0.330 e. The van der Waals surface area contributed by atoms with Crippen LogP contribution in [0.25, 0.3) is 11.4 Å². The van der Waals surface area contributed by atoms with Gasteiger partial charge in [0.1, 0.15) is 0 Å². The van der Waals surface area contributed by atoms with Crippen molar-refractivity contribution in [2.45, 2.75) is 19.3 Å². The second-order valence-electron chi connectivity index (χ2n) is 4.52. The number of fused-ring (bicyclic) bond motifs is 1. The molecule has 2 aromatic rings. The quantitative estimate of drug-likeness (QED) is 0.883. The zero-order chi connectivity index (χ0) is 11.7. The van der Waals surface area contributed by atoms with Crippen LogP contribution >= 0.6 is 11.3 Å². The second kappa shape index (κ2) is 4.55. The number of aromatic nitrogens is 2. The number of nitrogens with zero attached hydrogens (tertiary/aromatic N) is 2. The fourth-order valence-electron chi connectivity index (χ4n) is 2.31. The first-order valence-electron chi connectivity index (χ1n) is 5.94. The van der Waals surface area contributed by atoms with Crippen LogP contribution in [-0.2, 0) is 12.8 Å². The van der Waals surface area contributed by atoms with Gasteiger partial charge in [-0.25, -0.2) is 9.97 Å². The lowest BCUT2D eigenvalue weighted by molar-refractivity contribution is 0.462. The normalized spacial score (nSPS) is 19.0. The predicted molar refractivity (Wildman–Crippen MR) is 69.9 cm³/mol. The molecule has 4 heteroatoms. The molecule has 0 fully saturated rings. The summed E-state index contributed by atoms with van der Waals surface area (Å²) in [5.74, 6) is 1.47. The molecule has 1 aliphatic rings. The number of nitrogens with two attached hydrogens (primary N) is 1. The number of hydrogen-bond donors (Lipinski definition) is 1. The molecule has 3 rings (SSSR count). The van der Waals surface area contributed by atoms with Crippen molar-refractivity contribution in [3.63, 3.8) is 0 Å². The van der Waals surface area contributed by atoms with Crippen LogP contribution in [0.5, 0.6) is 0 Å². The second-order valence-corrected chi connectivity index (χ2v) is 5.30. The summed E-state index contributed by atoms with van der Waals surface area (Å²) < 4.78 is 0. The van der Waals surface area contributed by atoms with Crippen molar-refractivity contribution >= 4 is 11.3 Å². The van der Waals surface area contributed by atoms with E-state index in [1.807, 2.05) is 6.20 Å². The molecule has 0 amide bonds. The van der Waals surface area contributed by atoms with E-state index < -0.39 is 0 Å². The zero-order valence-electron chi connectivity index (χ0n) is 9.60. The lowest BCUT2D eigenvalue weighted by atomic mass is 9.87. The number of rotatable bonds is 2. The standard InChI is InChI=1S/C13H15N3S/c14-6-9-1-2-12-11(5-9)7-15-13(16-12)10-3-4-17-8-10/h3-4,7-9H,1-2,5-6,14H2. The van der Waals surface area contributed by atoms with Crippen LogP contribution in [0.1, 0.15) is 17.7 Å². The van der Waals surface area contributed by atoms with Gasteiger partial charge in [0.05, 0.1) is 0 Å². The van der Waals surface area contributed by atoms with Crippen LogP contribution in [-0.4, -0.2) is 16.5 Å². The van der Waals surface area contributed by atoms with Crippen LogP contribution in [0.15, 0.2) is 23.0 Å². The first-order chi connectivity index (χ1) is 8.36. The summed E-state index contributed by atoms with van der Waals surface area (Å²) in [5.41, 5.74) is 9.35. The van der Waals surface area contributed by atoms with E-state index in [9.17, 15) is 0 Å². The summed E-state index contributed by atoms with van der Waals surface area (Å²) in [6.07, 6.45) is 5.22. The third-order valence-corrected chi connectivity index (χ3v) is 4.05. The van der Waals surface area contributed by atoms with Crippen LogP contribution < -0.4 is 5.73 Å². The molecule has 2 heterocycles. The predicted octanol–water partition coefficient (Wildman–Crippen LogP) is 2.27. The SMILES string of the molecule is NCC1CCc2nc(-c3ccsc3)ncc2C1. The molecule has 0 aliphatic heterocycles. The molecule has 0 aromatic carbocycles. The monoisotopic (exact) mass is 245 g/mol. The number of hydrogen-bond acceptors (Lipinski definition) is 4. The lowest BCUT2D eigenvalue weighted by Crippen LogP contribution is -2.23. The Morgan fingerprint density at radius 1 is 1.47 bits per heavy atom. The third-order valence-electron chi connectivity index (χ3n) is 3.36. The molecule has 88 valence electrons. The van der Waals surface area contributed by atoms with Gasteiger partial charge in [0.15, 0.2) is 5.82 Å². The Bertz CT molecular complexity index is 507. The van der Waals surface area contributed by atoms with Gasteiger partial charge in [0, 0.05) is 22.8 Å². The highest BCUT2D eigenvalue weighted by atomic mass is 32.1. The van der Waals surface area contributed by atoms with Gasteiger partial charge in [-0.15, -0.1) is 0 Å². The molecule has 0 spiro atoms. The van der Waals surface area contributed by atoms with Gasteiger partial charge >= 0.3 is 0 Å². The first-order valence-corrected chi connectivity index (χ1v) is 6.88. The molecule has 1 atom stereocenters. The molecular formula is C13H15N3S. The maximum Gasteiger partial charge on any atom is 0.160 e. The average molecular weight is 245 g/mol. The van der Waals surface area contributed by atoms with Crippen molar-refractivity contribution in [2.75, 3.05) is 6.54 Å². The van der Waals surface area contributed by atoms with Gasteiger partial charge in [-0.05, 0) is 48.7 Å². The fraction of sp³-hybridized carbons (Fsp3) is 0.385. The first kappa shape index (κ1) is 10.9. The molecule has 3 nitrogen and oxygen atoms in total. The summed E-state index contributed by atoms with van der Waals surface area (Å²) >= 11 is 1.68. The molecule has 1 aliphatic carbocycles. The summed E-state index contributed by atoms with van der Waals surface area (Å²) in [4.78, 5) is 9.14. The Morgan fingerprint density at radius 3 is 3.18 bits per heavy atom. The zero-order valence-corrected chi connectivity index (χ0v) is 10.4. The Morgan fingerprint density at radius 2 is 2.41 bits per heavy atom. The van der Waals surface area contributed by atoms with Gasteiger partial charge < -0.3 is 5.73 Å². The van der Waals surface area contributed by atoms with Crippen molar-refractivity contribution in [2.24, 2.45) is 11.7 Å². The van der Waals surface area contributed by atoms with E-state index in [0.717, 1.165) is 37.2 Å². The van der Waals surface area contributed by atoms with E-state index in [1.54, 1.807) is 11.3 Å². The van der Waals surface area contributed by atoms with E-state index in [-0.39, 0.29) is 0 Å². The summed E-state index contributed by atoms with van der Waals surface area (Å²) in [5, 5.41) is 4.15. The van der Waals surface area contributed by atoms with Crippen molar-refractivity contribution in [1.82, 2.24) is 9.97 Å². The molecule has 0 saturated carbocycles. The van der Waals surface area contributed by atoms with Gasteiger partial charge in [0.2, 0.25) is 0 Å². The van der Waals surface area contributed by atoms with E-state index in [4.69, 9.17) is 5.73 Å². The van der Waals surface area contributed by atoms with Crippen LogP contribution in [0, 0.1) is 5.92 Å². The Hall–Kier alpha value is -1.26. The lowest BCUT2D eigenvalue weighted by Gasteiger charge is -2.22. The van der Waals surface area contributed by atoms with Crippen molar-refractivity contribution in [3.05, 3.63) is 34.3 Å². The molecule has 17 heavy (non-hydrogen) atoms. The van der Waals surface area contributed by atoms with Gasteiger partial charge in [-0.2, -0.15) is 11.3 Å². The highest BCUT2D eigenvalue weighted by Crippen LogP contribution is 2.25. The topological polar surface area (TPSA) is 51.8 Å². The summed E-state index contributed by atoms with van der Waals surface area (Å²) in [6, 6.07) is 2.07. The highest BCUT2D eigenvalue weighted by molar-refractivity contribution is 7.08. The van der Waals surface area contributed by atoms with Crippen molar-refractivity contribution in [3.8, 4) is 11.4 Å². The number of aryl methyl sites for hydroxylation is 1. The maximum absolute atomic E-state index is 5.73. The Labute approximate surface area is 105 Å². The van der Waals surface area contributed by atoms with E-state index in [1.165, 1.54) is 11.3 Å². The van der Waals surface area contributed by atoms with Crippen molar-refractivity contribution < 1.29 is 0 Å². The molecule has 2 N–H and O–H groups in total.